The second-order valence-corrected chi connectivity index (χ2v) is 7.22. The van der Waals surface area contributed by atoms with Crippen LogP contribution in [0.15, 0.2) is 22.8 Å². The minimum absolute atomic E-state index is 0.170. The number of furan rings is 1. The van der Waals surface area contributed by atoms with E-state index >= 15 is 0 Å². The maximum absolute atomic E-state index is 12.7. The van der Waals surface area contributed by atoms with E-state index in [1.165, 1.54) is 16.7 Å². The first kappa shape index (κ1) is 17.1. The molecule has 24 heavy (non-hydrogen) atoms. The van der Waals surface area contributed by atoms with Crippen LogP contribution in [0.1, 0.15) is 31.4 Å². The SMILES string of the molecule is CSC[C@H](C(=O)NCc1ccco1)N1C(=O)[C@H]2CCCC[C@@H]2C1=O. The van der Waals surface area contributed by atoms with Crippen LogP contribution in [0.25, 0.3) is 0 Å². The molecule has 2 aliphatic rings. The number of carbonyl (C=O) groups excluding carboxylic acids is 3. The fraction of sp³-hybridized carbons (Fsp3) is 0.588. The normalized spacial score (nSPS) is 24.8. The summed E-state index contributed by atoms with van der Waals surface area (Å²) in [6.45, 7) is 0.250. The van der Waals surface area contributed by atoms with E-state index in [1.54, 1.807) is 18.4 Å². The molecule has 1 aliphatic carbocycles. The van der Waals surface area contributed by atoms with Gasteiger partial charge in [0, 0.05) is 5.75 Å². The van der Waals surface area contributed by atoms with E-state index in [-0.39, 0.29) is 36.1 Å². The van der Waals surface area contributed by atoms with Gasteiger partial charge in [-0.3, -0.25) is 19.3 Å². The van der Waals surface area contributed by atoms with Crippen molar-refractivity contribution in [2.24, 2.45) is 11.8 Å². The third-order valence-corrected chi connectivity index (χ3v) is 5.48. The van der Waals surface area contributed by atoms with Gasteiger partial charge in [-0.1, -0.05) is 12.8 Å². The molecule has 2 fully saturated rings. The minimum Gasteiger partial charge on any atom is -0.467 e. The molecular formula is C17H22N2O4S. The number of hydrogen-bond donors (Lipinski definition) is 1. The Labute approximate surface area is 145 Å². The predicted octanol–water partition coefficient (Wildman–Crippen LogP) is 1.80. The fourth-order valence-electron chi connectivity index (χ4n) is 3.63. The highest BCUT2D eigenvalue weighted by Gasteiger charge is 2.51. The quantitative estimate of drug-likeness (QED) is 0.792. The second kappa shape index (κ2) is 7.42. The third-order valence-electron chi connectivity index (χ3n) is 4.83. The number of hydrogen-bond acceptors (Lipinski definition) is 5. The van der Waals surface area contributed by atoms with Gasteiger partial charge in [0.15, 0.2) is 0 Å². The summed E-state index contributed by atoms with van der Waals surface area (Å²) in [5.74, 6) is -0.0585. The lowest BCUT2D eigenvalue weighted by atomic mass is 9.81. The van der Waals surface area contributed by atoms with Gasteiger partial charge in [-0.25, -0.2) is 0 Å². The number of rotatable bonds is 6. The van der Waals surface area contributed by atoms with Crippen LogP contribution in [0.3, 0.4) is 0 Å². The molecule has 1 saturated carbocycles. The van der Waals surface area contributed by atoms with E-state index in [4.69, 9.17) is 4.42 Å². The van der Waals surface area contributed by atoms with Gasteiger partial charge < -0.3 is 9.73 Å². The number of carbonyl (C=O) groups is 3. The lowest BCUT2D eigenvalue weighted by molar-refractivity contribution is -0.147. The Bertz CT molecular complexity index is 592. The molecule has 3 atom stereocenters. The summed E-state index contributed by atoms with van der Waals surface area (Å²) in [6, 6.07) is 2.77. The highest BCUT2D eigenvalue weighted by molar-refractivity contribution is 7.98. The van der Waals surface area contributed by atoms with Crippen molar-refractivity contribution in [2.75, 3.05) is 12.0 Å². The first-order valence-electron chi connectivity index (χ1n) is 8.29. The number of fused-ring (bicyclic) bond motifs is 1. The molecule has 0 unspecified atom stereocenters. The van der Waals surface area contributed by atoms with Crippen LogP contribution in [0.2, 0.25) is 0 Å². The highest BCUT2D eigenvalue weighted by atomic mass is 32.2. The van der Waals surface area contributed by atoms with Crippen LogP contribution in [-0.2, 0) is 20.9 Å². The van der Waals surface area contributed by atoms with Crippen molar-refractivity contribution in [1.29, 1.82) is 0 Å². The maximum atomic E-state index is 12.7. The molecule has 1 aromatic heterocycles. The summed E-state index contributed by atoms with van der Waals surface area (Å²) in [5, 5.41) is 2.78. The molecule has 3 rings (SSSR count). The molecule has 1 N–H and O–H groups in total. The molecular weight excluding hydrogens is 328 g/mol. The van der Waals surface area contributed by atoms with Crippen LogP contribution in [0, 0.1) is 11.8 Å². The van der Waals surface area contributed by atoms with Gasteiger partial charge in [0.05, 0.1) is 24.6 Å². The average Bonchev–Trinajstić information content (AvgIpc) is 3.19. The predicted molar refractivity (Wildman–Crippen MR) is 90.0 cm³/mol. The molecule has 2 heterocycles. The Balaban J connectivity index is 1.73. The lowest BCUT2D eigenvalue weighted by Gasteiger charge is -2.25. The number of nitrogens with one attached hydrogen (secondary N) is 1. The van der Waals surface area contributed by atoms with Gasteiger partial charge in [0.1, 0.15) is 11.8 Å². The zero-order chi connectivity index (χ0) is 17.1. The minimum atomic E-state index is -0.749. The molecule has 0 aromatic carbocycles. The summed E-state index contributed by atoms with van der Waals surface area (Å²) >= 11 is 1.46. The summed E-state index contributed by atoms with van der Waals surface area (Å²) in [7, 11) is 0. The Morgan fingerprint density at radius 2 is 2.00 bits per heavy atom. The van der Waals surface area contributed by atoms with Gasteiger partial charge in [0.2, 0.25) is 17.7 Å². The fourth-order valence-corrected chi connectivity index (χ4v) is 4.24. The maximum Gasteiger partial charge on any atom is 0.244 e. The molecule has 7 heteroatoms. The van der Waals surface area contributed by atoms with Crippen molar-refractivity contribution >= 4 is 29.5 Å². The van der Waals surface area contributed by atoms with Crippen molar-refractivity contribution in [1.82, 2.24) is 10.2 Å². The summed E-state index contributed by atoms with van der Waals surface area (Å²) < 4.78 is 5.20. The summed E-state index contributed by atoms with van der Waals surface area (Å²) in [6.07, 6.45) is 6.87. The molecule has 0 spiro atoms. The topological polar surface area (TPSA) is 79.6 Å². The number of amides is 3. The van der Waals surface area contributed by atoms with Gasteiger partial charge in [-0.05, 0) is 31.2 Å². The van der Waals surface area contributed by atoms with Crippen molar-refractivity contribution in [3.63, 3.8) is 0 Å². The monoisotopic (exact) mass is 350 g/mol. The molecule has 0 radical (unpaired) electrons. The van der Waals surface area contributed by atoms with Crippen molar-refractivity contribution in [3.8, 4) is 0 Å². The zero-order valence-corrected chi connectivity index (χ0v) is 14.5. The molecule has 130 valence electrons. The number of likely N-dealkylation sites (tertiary alicyclic amines) is 1. The molecule has 1 aromatic rings. The Morgan fingerprint density at radius 1 is 1.33 bits per heavy atom. The van der Waals surface area contributed by atoms with E-state index in [9.17, 15) is 14.4 Å². The molecule has 0 bridgehead atoms. The first-order valence-corrected chi connectivity index (χ1v) is 9.68. The van der Waals surface area contributed by atoms with Gasteiger partial charge in [0.25, 0.3) is 0 Å². The molecule has 3 amide bonds. The average molecular weight is 350 g/mol. The van der Waals surface area contributed by atoms with Crippen molar-refractivity contribution in [2.45, 2.75) is 38.3 Å². The first-order chi connectivity index (χ1) is 11.6. The van der Waals surface area contributed by atoms with Crippen LogP contribution in [-0.4, -0.2) is 40.7 Å². The standard InChI is InChI=1S/C17H22N2O4S/c1-24-10-14(15(20)18-9-11-5-4-8-23-11)19-16(21)12-6-2-3-7-13(12)17(19)22/h4-5,8,12-14H,2-3,6-7,9-10H2,1H3,(H,18,20)/t12-,13-,14+/m0/s1. The Kier molecular flexibility index (Phi) is 5.28. The lowest BCUT2D eigenvalue weighted by Crippen LogP contribution is -2.51. The van der Waals surface area contributed by atoms with E-state index < -0.39 is 6.04 Å². The number of thioether (sulfide) groups is 1. The van der Waals surface area contributed by atoms with Gasteiger partial charge in [-0.2, -0.15) is 11.8 Å². The van der Waals surface area contributed by atoms with Crippen LogP contribution < -0.4 is 5.32 Å². The van der Waals surface area contributed by atoms with Crippen LogP contribution in [0.5, 0.6) is 0 Å². The summed E-state index contributed by atoms with van der Waals surface area (Å²) in [5.41, 5.74) is 0. The second-order valence-electron chi connectivity index (χ2n) is 6.31. The Morgan fingerprint density at radius 3 is 2.54 bits per heavy atom. The highest BCUT2D eigenvalue weighted by Crippen LogP contribution is 2.39. The van der Waals surface area contributed by atoms with E-state index in [1.807, 2.05) is 6.26 Å². The van der Waals surface area contributed by atoms with Crippen LogP contribution in [0.4, 0.5) is 0 Å². The smallest absolute Gasteiger partial charge is 0.244 e. The zero-order valence-electron chi connectivity index (χ0n) is 13.7. The third kappa shape index (κ3) is 3.22. The van der Waals surface area contributed by atoms with Gasteiger partial charge in [-0.15, -0.1) is 0 Å². The molecule has 6 nitrogen and oxygen atoms in total. The van der Waals surface area contributed by atoms with E-state index in [0.29, 0.717) is 11.5 Å². The van der Waals surface area contributed by atoms with E-state index in [2.05, 4.69) is 5.32 Å². The van der Waals surface area contributed by atoms with Crippen molar-refractivity contribution < 1.29 is 18.8 Å². The molecule has 1 aliphatic heterocycles. The number of imide groups is 1. The van der Waals surface area contributed by atoms with Crippen LogP contribution >= 0.6 is 11.8 Å². The molecule has 1 saturated heterocycles. The van der Waals surface area contributed by atoms with Crippen molar-refractivity contribution in [3.05, 3.63) is 24.2 Å². The number of nitrogens with zero attached hydrogens (tertiary/aromatic N) is 1. The Hall–Kier alpha value is -1.76. The largest absolute Gasteiger partial charge is 0.467 e. The van der Waals surface area contributed by atoms with E-state index in [0.717, 1.165) is 25.7 Å². The summed E-state index contributed by atoms with van der Waals surface area (Å²) in [4.78, 5) is 39.2. The van der Waals surface area contributed by atoms with Gasteiger partial charge >= 0.3 is 0 Å².